The van der Waals surface area contributed by atoms with Crippen molar-refractivity contribution in [2.24, 2.45) is 11.8 Å². The Morgan fingerprint density at radius 1 is 0.593 bits per heavy atom. The van der Waals surface area contributed by atoms with Crippen LogP contribution in [0.4, 0.5) is 0 Å². The quantitative estimate of drug-likeness (QED) is 0.0497. The van der Waals surface area contributed by atoms with E-state index in [1.54, 1.807) is 5.01 Å². The van der Waals surface area contributed by atoms with E-state index in [0.717, 1.165) is 25.7 Å². The zero-order chi connectivity index (χ0) is 39.5. The van der Waals surface area contributed by atoms with E-state index in [1.807, 2.05) is 0 Å². The van der Waals surface area contributed by atoms with Crippen LogP contribution >= 0.6 is 0 Å². The molecule has 1 heterocycles. The molecule has 0 aromatic heterocycles. The standard InChI is InChI=1S/C48H94N2O4/c1-7-9-11-13-15-17-19-21-23-25-27-29-31-33-35-37-46(51)54-40-38-45(47(52)50-44(5)48(6,49-50)41-43(3)4)42-53-39-36-34-32-30-28-26-24-22-20-18-16-14-12-10-8-2/h43-45,49H,7-42H2,1-6H3. The highest BCUT2D eigenvalue weighted by Crippen LogP contribution is 2.33. The topological polar surface area (TPSA) is 67.9 Å². The number of nitrogens with one attached hydrogen (secondary N) is 1. The number of hydrogen-bond acceptors (Lipinski definition) is 5. The number of rotatable bonds is 40. The summed E-state index contributed by atoms with van der Waals surface area (Å²) in [5.74, 6) is 0.187. The van der Waals surface area contributed by atoms with Crippen molar-refractivity contribution in [3.8, 4) is 0 Å². The highest BCUT2D eigenvalue weighted by Gasteiger charge is 2.49. The van der Waals surface area contributed by atoms with Crippen LogP contribution in [0.15, 0.2) is 0 Å². The summed E-state index contributed by atoms with van der Waals surface area (Å²) >= 11 is 0. The zero-order valence-corrected chi connectivity index (χ0v) is 37.3. The van der Waals surface area contributed by atoms with E-state index in [9.17, 15) is 9.59 Å². The highest BCUT2D eigenvalue weighted by atomic mass is 16.5. The minimum Gasteiger partial charge on any atom is -0.466 e. The molecule has 0 bridgehead atoms. The number of ether oxygens (including phenoxy) is 2. The van der Waals surface area contributed by atoms with Gasteiger partial charge in [-0.1, -0.05) is 207 Å². The molecule has 6 heteroatoms. The number of hydrogen-bond donors (Lipinski definition) is 1. The molecule has 1 rings (SSSR count). The first-order valence-corrected chi connectivity index (χ1v) is 24.1. The number of amides is 1. The fourth-order valence-electron chi connectivity index (χ4n) is 8.30. The van der Waals surface area contributed by atoms with Crippen LogP contribution in [-0.4, -0.2) is 48.3 Å². The van der Waals surface area contributed by atoms with Gasteiger partial charge in [0.2, 0.25) is 5.91 Å². The van der Waals surface area contributed by atoms with Crippen molar-refractivity contribution in [3.63, 3.8) is 0 Å². The molecule has 3 atom stereocenters. The number of carbonyl (C=O) groups excluding carboxylic acids is 2. The molecule has 1 aliphatic rings. The molecule has 1 fully saturated rings. The van der Waals surface area contributed by atoms with Gasteiger partial charge in [-0.3, -0.25) is 14.6 Å². The maximum Gasteiger partial charge on any atom is 0.305 e. The molecule has 0 aromatic carbocycles. The van der Waals surface area contributed by atoms with Crippen LogP contribution in [0.2, 0.25) is 0 Å². The average molecular weight is 763 g/mol. The molecular formula is C48H94N2O4. The predicted molar refractivity (Wildman–Crippen MR) is 232 cm³/mol. The van der Waals surface area contributed by atoms with Gasteiger partial charge in [-0.25, -0.2) is 5.43 Å². The van der Waals surface area contributed by atoms with Crippen LogP contribution in [0.25, 0.3) is 0 Å². The summed E-state index contributed by atoms with van der Waals surface area (Å²) in [7, 11) is 0. The third-order valence-electron chi connectivity index (χ3n) is 12.0. The number of unbranched alkanes of at least 4 members (excludes halogenated alkanes) is 28. The molecule has 0 radical (unpaired) electrons. The molecule has 6 nitrogen and oxygen atoms in total. The van der Waals surface area contributed by atoms with Gasteiger partial charge in [-0.05, 0) is 45.4 Å². The van der Waals surface area contributed by atoms with Crippen molar-refractivity contribution >= 4 is 11.9 Å². The normalized spacial score (nSPS) is 17.6. The van der Waals surface area contributed by atoms with Crippen LogP contribution in [0.5, 0.6) is 0 Å². The van der Waals surface area contributed by atoms with E-state index in [0.29, 0.717) is 32.0 Å². The monoisotopic (exact) mass is 763 g/mol. The van der Waals surface area contributed by atoms with Crippen LogP contribution in [0.3, 0.4) is 0 Å². The summed E-state index contributed by atoms with van der Waals surface area (Å²) in [6.07, 6.45) is 41.9. The summed E-state index contributed by atoms with van der Waals surface area (Å²) < 4.78 is 11.7. The smallest absolute Gasteiger partial charge is 0.305 e. The number of esters is 1. The zero-order valence-electron chi connectivity index (χ0n) is 37.3. The van der Waals surface area contributed by atoms with Crippen molar-refractivity contribution in [3.05, 3.63) is 0 Å². The van der Waals surface area contributed by atoms with Crippen molar-refractivity contribution < 1.29 is 19.1 Å². The first-order valence-electron chi connectivity index (χ1n) is 24.1. The van der Waals surface area contributed by atoms with Gasteiger partial charge in [0.15, 0.2) is 0 Å². The predicted octanol–water partition coefficient (Wildman–Crippen LogP) is 14.2. The van der Waals surface area contributed by atoms with Crippen molar-refractivity contribution in [1.29, 1.82) is 0 Å². The Morgan fingerprint density at radius 2 is 0.981 bits per heavy atom. The Labute approximate surface area is 337 Å². The van der Waals surface area contributed by atoms with E-state index in [-0.39, 0.29) is 36.0 Å². The molecule has 0 aromatic rings. The Balaban J connectivity index is 2.21. The lowest BCUT2D eigenvalue weighted by Crippen LogP contribution is -2.78. The molecule has 1 amide bonds. The molecule has 1 aliphatic heterocycles. The van der Waals surface area contributed by atoms with Gasteiger partial charge in [0.25, 0.3) is 0 Å². The van der Waals surface area contributed by atoms with Gasteiger partial charge in [-0.2, -0.15) is 0 Å². The van der Waals surface area contributed by atoms with E-state index >= 15 is 0 Å². The highest BCUT2D eigenvalue weighted by molar-refractivity contribution is 5.80. The first-order chi connectivity index (χ1) is 26.2. The van der Waals surface area contributed by atoms with E-state index < -0.39 is 0 Å². The molecule has 1 saturated heterocycles. The summed E-state index contributed by atoms with van der Waals surface area (Å²) in [4.78, 5) is 26.2. The SMILES string of the molecule is CCCCCCCCCCCCCCCCCOCC(CCOC(=O)CCCCCCCCCCCCCCCCC)C(=O)N1NC(C)(CC(C)C)C1C. The lowest BCUT2D eigenvalue weighted by atomic mass is 9.80. The Kier molecular flexibility index (Phi) is 33.0. The van der Waals surface area contributed by atoms with Crippen molar-refractivity contribution in [2.75, 3.05) is 19.8 Å². The van der Waals surface area contributed by atoms with Gasteiger partial charge < -0.3 is 9.47 Å². The first kappa shape index (κ1) is 50.9. The van der Waals surface area contributed by atoms with Crippen LogP contribution in [-0.2, 0) is 19.1 Å². The van der Waals surface area contributed by atoms with Crippen LogP contribution in [0.1, 0.15) is 253 Å². The minimum absolute atomic E-state index is 0.0666. The Hall–Kier alpha value is -1.14. The number of carbonyl (C=O) groups is 2. The van der Waals surface area contributed by atoms with E-state index in [2.05, 4.69) is 47.0 Å². The molecule has 0 aliphatic carbocycles. The molecule has 0 spiro atoms. The third kappa shape index (κ3) is 26.7. The second kappa shape index (κ2) is 35.1. The molecule has 320 valence electrons. The summed E-state index contributed by atoms with van der Waals surface area (Å²) in [5, 5.41) is 1.81. The minimum atomic E-state index is -0.307. The lowest BCUT2D eigenvalue weighted by molar-refractivity contribution is -0.169. The largest absolute Gasteiger partial charge is 0.466 e. The third-order valence-corrected chi connectivity index (χ3v) is 12.0. The summed E-state index contributed by atoms with van der Waals surface area (Å²) in [5.41, 5.74) is 3.40. The van der Waals surface area contributed by atoms with E-state index in [1.165, 1.54) is 173 Å². The van der Waals surface area contributed by atoms with Gasteiger partial charge in [0.1, 0.15) is 0 Å². The summed E-state index contributed by atoms with van der Waals surface area (Å²) in [6, 6.07) is 0.123. The Bertz CT molecular complexity index is 866. The van der Waals surface area contributed by atoms with Gasteiger partial charge in [-0.15, -0.1) is 0 Å². The van der Waals surface area contributed by atoms with Gasteiger partial charge >= 0.3 is 5.97 Å². The Morgan fingerprint density at radius 3 is 1.37 bits per heavy atom. The lowest BCUT2D eigenvalue weighted by Gasteiger charge is -2.56. The molecular weight excluding hydrogens is 669 g/mol. The molecule has 0 saturated carbocycles. The second-order valence-electron chi connectivity index (χ2n) is 17.9. The second-order valence-corrected chi connectivity index (χ2v) is 17.9. The van der Waals surface area contributed by atoms with Crippen LogP contribution in [0, 0.1) is 11.8 Å². The number of hydrazine groups is 1. The summed E-state index contributed by atoms with van der Waals surface area (Å²) in [6.45, 7) is 14.7. The fourth-order valence-corrected chi connectivity index (χ4v) is 8.30. The molecule has 3 unspecified atom stereocenters. The molecule has 1 N–H and O–H groups in total. The van der Waals surface area contributed by atoms with E-state index in [4.69, 9.17) is 9.47 Å². The maximum atomic E-state index is 13.7. The molecule has 54 heavy (non-hydrogen) atoms. The van der Waals surface area contributed by atoms with Crippen molar-refractivity contribution in [1.82, 2.24) is 10.4 Å². The number of nitrogens with zero attached hydrogens (tertiary/aromatic N) is 1. The maximum absolute atomic E-state index is 13.7. The average Bonchev–Trinajstić information content (AvgIpc) is 3.15. The van der Waals surface area contributed by atoms with Crippen LogP contribution < -0.4 is 5.43 Å². The van der Waals surface area contributed by atoms with Crippen molar-refractivity contribution in [2.45, 2.75) is 265 Å². The fraction of sp³-hybridized carbons (Fsp3) is 0.958. The van der Waals surface area contributed by atoms with Gasteiger partial charge in [0.05, 0.1) is 30.7 Å². The van der Waals surface area contributed by atoms with Gasteiger partial charge in [0, 0.05) is 13.0 Å².